The van der Waals surface area contributed by atoms with Gasteiger partial charge in [0.05, 0.1) is 18.1 Å². The van der Waals surface area contributed by atoms with Crippen molar-refractivity contribution in [3.05, 3.63) is 24.2 Å². The molecular weight excluding hydrogens is 227 g/mol. The van der Waals surface area contributed by atoms with E-state index >= 15 is 0 Å². The van der Waals surface area contributed by atoms with Crippen LogP contribution >= 0.6 is 11.8 Å². The molecule has 0 atom stereocenters. The van der Waals surface area contributed by atoms with Crippen molar-refractivity contribution in [3.8, 4) is 0 Å². The average Bonchev–Trinajstić information content (AvgIpc) is 2.40. The molecule has 0 amide bonds. The zero-order valence-corrected chi connectivity index (χ0v) is 8.43. The largest absolute Gasteiger partial charge is 0.446 e. The molecule has 0 aromatic carbocycles. The van der Waals surface area contributed by atoms with E-state index in [9.17, 15) is 13.2 Å². The lowest BCUT2D eigenvalue weighted by molar-refractivity contribution is -0.0328. The minimum atomic E-state index is -4.29. The normalized spacial score (nSPS) is 12.3. The smallest absolute Gasteiger partial charge is 0.232 e. The molecule has 7 heteroatoms. The van der Waals surface area contributed by atoms with Crippen LogP contribution in [0.15, 0.2) is 23.4 Å². The van der Waals surface area contributed by atoms with E-state index in [0.717, 1.165) is 5.69 Å². The summed E-state index contributed by atoms with van der Waals surface area (Å²) in [5, 5.41) is 3.82. The molecule has 15 heavy (non-hydrogen) atoms. The molecule has 0 saturated heterocycles. The van der Waals surface area contributed by atoms with Crippen molar-refractivity contribution >= 4 is 17.4 Å². The number of thioether (sulfide) groups is 1. The van der Waals surface area contributed by atoms with Crippen molar-refractivity contribution in [2.75, 3.05) is 0 Å². The second-order valence-electron chi connectivity index (χ2n) is 2.92. The molecule has 2 aromatic rings. The fraction of sp³-hybridized carbons (Fsp3) is 0.250. The van der Waals surface area contributed by atoms with E-state index in [0.29, 0.717) is 5.65 Å². The van der Waals surface area contributed by atoms with Gasteiger partial charge in [-0.3, -0.25) is 0 Å². The average molecular weight is 233 g/mol. The molecule has 2 rings (SSSR count). The van der Waals surface area contributed by atoms with Crippen LogP contribution in [0.3, 0.4) is 0 Å². The number of nitrogens with zero attached hydrogens (tertiary/aromatic N) is 3. The molecule has 0 saturated carbocycles. The lowest BCUT2D eigenvalue weighted by Crippen LogP contribution is -2.00. The summed E-state index contributed by atoms with van der Waals surface area (Å²) in [6.07, 6.45) is 2.82. The van der Waals surface area contributed by atoms with Crippen LogP contribution in [0.4, 0.5) is 13.2 Å². The Labute approximate surface area is 87.3 Å². The van der Waals surface area contributed by atoms with E-state index < -0.39 is 5.51 Å². The summed E-state index contributed by atoms with van der Waals surface area (Å²) in [6, 6.07) is 1.36. The van der Waals surface area contributed by atoms with Gasteiger partial charge in [-0.1, -0.05) is 0 Å². The molecule has 80 valence electrons. The van der Waals surface area contributed by atoms with Crippen LogP contribution in [0.1, 0.15) is 5.69 Å². The van der Waals surface area contributed by atoms with E-state index in [2.05, 4.69) is 10.1 Å². The Bertz CT molecular complexity index is 491. The number of imidazole rings is 1. The fourth-order valence-electron chi connectivity index (χ4n) is 1.17. The van der Waals surface area contributed by atoms with Crippen molar-refractivity contribution in [1.29, 1.82) is 0 Å². The van der Waals surface area contributed by atoms with Crippen molar-refractivity contribution in [1.82, 2.24) is 14.6 Å². The monoisotopic (exact) mass is 233 g/mol. The van der Waals surface area contributed by atoms with Gasteiger partial charge in [-0.15, -0.1) is 0 Å². The van der Waals surface area contributed by atoms with Gasteiger partial charge < -0.3 is 0 Å². The van der Waals surface area contributed by atoms with Gasteiger partial charge in [0.25, 0.3) is 0 Å². The zero-order chi connectivity index (χ0) is 11.1. The lowest BCUT2D eigenvalue weighted by Gasteiger charge is -2.04. The highest BCUT2D eigenvalue weighted by Gasteiger charge is 2.29. The van der Waals surface area contributed by atoms with Gasteiger partial charge in [-0.05, 0) is 24.8 Å². The van der Waals surface area contributed by atoms with Gasteiger partial charge in [0.15, 0.2) is 5.65 Å². The predicted molar refractivity (Wildman–Crippen MR) is 49.6 cm³/mol. The Morgan fingerprint density at radius 2 is 2.13 bits per heavy atom. The van der Waals surface area contributed by atoms with Crippen LogP contribution in [0.5, 0.6) is 0 Å². The van der Waals surface area contributed by atoms with Gasteiger partial charge in [-0.2, -0.15) is 18.3 Å². The van der Waals surface area contributed by atoms with Crippen LogP contribution < -0.4 is 0 Å². The molecule has 0 aliphatic carbocycles. The van der Waals surface area contributed by atoms with Crippen LogP contribution in [0.25, 0.3) is 5.65 Å². The number of hydrogen-bond acceptors (Lipinski definition) is 3. The maximum atomic E-state index is 12.1. The molecule has 2 heterocycles. The third-order valence-electron chi connectivity index (χ3n) is 1.65. The number of fused-ring (bicyclic) bond motifs is 1. The second-order valence-corrected chi connectivity index (χ2v) is 4.06. The summed E-state index contributed by atoms with van der Waals surface area (Å²) in [6.45, 7) is 1.76. The van der Waals surface area contributed by atoms with E-state index in [-0.39, 0.29) is 16.7 Å². The molecule has 0 aliphatic rings. The van der Waals surface area contributed by atoms with Crippen molar-refractivity contribution in [2.45, 2.75) is 17.3 Å². The maximum absolute atomic E-state index is 12.1. The Morgan fingerprint density at radius 3 is 2.80 bits per heavy atom. The SMILES string of the molecule is Cc1cn2ncc(SC(F)(F)F)cc2n1. The van der Waals surface area contributed by atoms with Crippen LogP contribution in [0, 0.1) is 6.92 Å². The van der Waals surface area contributed by atoms with Gasteiger partial charge in [-0.25, -0.2) is 9.50 Å². The van der Waals surface area contributed by atoms with Crippen LogP contribution in [0.2, 0.25) is 0 Å². The number of hydrogen-bond donors (Lipinski definition) is 0. The molecule has 0 unspecified atom stereocenters. The Kier molecular flexibility index (Phi) is 2.34. The summed E-state index contributed by atoms with van der Waals surface area (Å²) >= 11 is -0.191. The van der Waals surface area contributed by atoms with E-state index in [1.54, 1.807) is 13.1 Å². The molecule has 0 bridgehead atoms. The lowest BCUT2D eigenvalue weighted by atomic mass is 10.5. The summed E-state index contributed by atoms with van der Waals surface area (Å²) in [4.78, 5) is 4.07. The fourth-order valence-corrected chi connectivity index (χ4v) is 1.70. The molecule has 3 nitrogen and oxygen atoms in total. The van der Waals surface area contributed by atoms with Gasteiger partial charge >= 0.3 is 5.51 Å². The summed E-state index contributed by atoms with van der Waals surface area (Å²) in [7, 11) is 0. The Morgan fingerprint density at radius 1 is 1.40 bits per heavy atom. The third-order valence-corrected chi connectivity index (χ3v) is 2.34. The first-order chi connectivity index (χ1) is 6.94. The molecule has 0 spiro atoms. The first kappa shape index (κ1) is 10.3. The first-order valence-electron chi connectivity index (χ1n) is 4.02. The highest BCUT2D eigenvalue weighted by Crippen LogP contribution is 2.36. The van der Waals surface area contributed by atoms with Crippen LogP contribution in [-0.2, 0) is 0 Å². The second kappa shape index (κ2) is 3.41. The van der Waals surface area contributed by atoms with Gasteiger partial charge in [0, 0.05) is 4.90 Å². The number of rotatable bonds is 1. The topological polar surface area (TPSA) is 30.2 Å². The number of aromatic nitrogens is 3. The minimum Gasteiger partial charge on any atom is -0.232 e. The zero-order valence-electron chi connectivity index (χ0n) is 7.62. The molecule has 2 aromatic heterocycles. The summed E-state index contributed by atoms with van der Waals surface area (Å²) < 4.78 is 37.6. The number of halogens is 3. The minimum absolute atomic E-state index is 0.0422. The molecule has 0 aliphatic heterocycles. The summed E-state index contributed by atoms with van der Waals surface area (Å²) in [5.41, 5.74) is -3.15. The van der Waals surface area contributed by atoms with Crippen molar-refractivity contribution < 1.29 is 13.2 Å². The number of aryl methyl sites for hydroxylation is 1. The molecule has 0 fully saturated rings. The first-order valence-corrected chi connectivity index (χ1v) is 4.83. The molecule has 0 radical (unpaired) electrons. The van der Waals surface area contributed by atoms with E-state index in [4.69, 9.17) is 0 Å². The number of alkyl halides is 3. The quantitative estimate of drug-likeness (QED) is 0.709. The standard InChI is InChI=1S/C8H6F3N3S/c1-5-4-14-7(13-5)2-6(3-12-14)15-8(9,10)11/h2-4H,1H3. The van der Waals surface area contributed by atoms with Crippen LogP contribution in [-0.4, -0.2) is 20.1 Å². The van der Waals surface area contributed by atoms with E-state index in [1.165, 1.54) is 16.8 Å². The van der Waals surface area contributed by atoms with Gasteiger partial charge in [0.1, 0.15) is 0 Å². The van der Waals surface area contributed by atoms with E-state index in [1.807, 2.05) is 0 Å². The predicted octanol–water partition coefficient (Wildman–Crippen LogP) is 2.65. The Balaban J connectivity index is 2.38. The van der Waals surface area contributed by atoms with Crippen molar-refractivity contribution in [2.24, 2.45) is 0 Å². The third kappa shape index (κ3) is 2.41. The molecular formula is C8H6F3N3S. The summed E-state index contributed by atoms with van der Waals surface area (Å²) in [5.74, 6) is 0. The molecule has 0 N–H and O–H groups in total. The Hall–Kier alpha value is -1.24. The highest BCUT2D eigenvalue weighted by molar-refractivity contribution is 8.00. The highest BCUT2D eigenvalue weighted by atomic mass is 32.2. The van der Waals surface area contributed by atoms with Gasteiger partial charge in [0.2, 0.25) is 0 Å². The maximum Gasteiger partial charge on any atom is 0.446 e. The van der Waals surface area contributed by atoms with Crippen molar-refractivity contribution in [3.63, 3.8) is 0 Å².